The number of nitriles is 1. The summed E-state index contributed by atoms with van der Waals surface area (Å²) >= 11 is 0. The molecule has 18 heavy (non-hydrogen) atoms. The van der Waals surface area contributed by atoms with Gasteiger partial charge in [-0.25, -0.2) is 4.98 Å². The summed E-state index contributed by atoms with van der Waals surface area (Å²) in [5.74, 6) is 2.58. The Morgan fingerprint density at radius 3 is 2.94 bits per heavy atom. The quantitative estimate of drug-likeness (QED) is 0.829. The summed E-state index contributed by atoms with van der Waals surface area (Å²) in [6.07, 6.45) is 6.95. The highest BCUT2D eigenvalue weighted by molar-refractivity contribution is 5.50. The molecule has 0 radical (unpaired) electrons. The first-order valence-corrected chi connectivity index (χ1v) is 5.48. The Bertz CT molecular complexity index is 633. The molecule has 86 valence electrons. The third-order valence-electron chi connectivity index (χ3n) is 2.51. The molecule has 0 aliphatic carbocycles. The Labute approximate surface area is 106 Å². The van der Waals surface area contributed by atoms with E-state index in [0.29, 0.717) is 12.2 Å². The highest BCUT2D eigenvalue weighted by atomic mass is 14.9. The summed E-state index contributed by atoms with van der Waals surface area (Å²) in [5.41, 5.74) is 3.06. The number of aromatic nitrogens is 1. The highest BCUT2D eigenvalue weighted by Gasteiger charge is 2.01. The van der Waals surface area contributed by atoms with E-state index in [1.165, 1.54) is 0 Å². The lowest BCUT2D eigenvalue weighted by molar-refractivity contribution is 1.09. The van der Waals surface area contributed by atoms with E-state index in [2.05, 4.69) is 22.3 Å². The molecule has 2 aromatic rings. The molecule has 0 saturated heterocycles. The number of pyridine rings is 1. The fraction of sp³-hybridized carbons (Fsp3) is 0.0667. The summed E-state index contributed by atoms with van der Waals surface area (Å²) in [6, 6.07) is 13.4. The molecule has 0 aliphatic heterocycles. The van der Waals surface area contributed by atoms with Crippen molar-refractivity contribution in [3.63, 3.8) is 0 Å². The molecule has 0 fully saturated rings. The van der Waals surface area contributed by atoms with Gasteiger partial charge in [-0.2, -0.15) is 5.26 Å². The fourth-order valence-electron chi connectivity index (χ4n) is 1.60. The van der Waals surface area contributed by atoms with Gasteiger partial charge in [-0.15, -0.1) is 6.42 Å². The second-order valence-corrected chi connectivity index (χ2v) is 3.70. The van der Waals surface area contributed by atoms with Crippen LogP contribution < -0.4 is 5.32 Å². The summed E-state index contributed by atoms with van der Waals surface area (Å²) in [5, 5.41) is 12.2. The lowest BCUT2D eigenvalue weighted by atomic mass is 10.2. The molecule has 0 amide bonds. The molecular weight excluding hydrogens is 222 g/mol. The van der Waals surface area contributed by atoms with Crippen molar-refractivity contribution in [2.24, 2.45) is 0 Å². The Kier molecular flexibility index (Phi) is 3.59. The number of benzene rings is 1. The van der Waals surface area contributed by atoms with Crippen molar-refractivity contribution in [3.8, 4) is 18.4 Å². The van der Waals surface area contributed by atoms with Crippen LogP contribution in [0, 0.1) is 23.7 Å². The third-order valence-corrected chi connectivity index (χ3v) is 2.51. The van der Waals surface area contributed by atoms with Crippen molar-refractivity contribution in [2.45, 2.75) is 6.54 Å². The maximum atomic E-state index is 8.93. The molecule has 1 N–H and O–H groups in total. The van der Waals surface area contributed by atoms with Gasteiger partial charge in [0.25, 0.3) is 0 Å². The van der Waals surface area contributed by atoms with E-state index >= 15 is 0 Å². The van der Waals surface area contributed by atoms with E-state index in [1.807, 2.05) is 36.4 Å². The van der Waals surface area contributed by atoms with Crippen LogP contribution in [0.2, 0.25) is 0 Å². The van der Waals surface area contributed by atoms with Crippen LogP contribution in [0.3, 0.4) is 0 Å². The summed E-state index contributed by atoms with van der Waals surface area (Å²) in [4.78, 5) is 4.01. The van der Waals surface area contributed by atoms with Crippen LogP contribution in [0.25, 0.3) is 0 Å². The van der Waals surface area contributed by atoms with E-state index in [1.54, 1.807) is 6.20 Å². The predicted octanol–water partition coefficient (Wildman–Crippen LogP) is 2.55. The van der Waals surface area contributed by atoms with E-state index in [4.69, 9.17) is 11.7 Å². The molecule has 0 atom stereocenters. The van der Waals surface area contributed by atoms with Gasteiger partial charge in [0.1, 0.15) is 11.8 Å². The van der Waals surface area contributed by atoms with Crippen LogP contribution in [-0.2, 0) is 6.54 Å². The Morgan fingerprint density at radius 2 is 2.17 bits per heavy atom. The molecule has 0 unspecified atom stereocenters. The topological polar surface area (TPSA) is 48.7 Å². The zero-order chi connectivity index (χ0) is 12.8. The van der Waals surface area contributed by atoms with Crippen LogP contribution in [0.1, 0.15) is 16.8 Å². The molecule has 0 saturated carbocycles. The van der Waals surface area contributed by atoms with Crippen molar-refractivity contribution in [1.82, 2.24) is 4.98 Å². The van der Waals surface area contributed by atoms with Gasteiger partial charge in [-0.3, -0.25) is 0 Å². The molecule has 1 heterocycles. The zero-order valence-corrected chi connectivity index (χ0v) is 9.72. The van der Waals surface area contributed by atoms with Gasteiger partial charge in [-0.1, -0.05) is 18.1 Å². The number of terminal acetylenes is 1. The second kappa shape index (κ2) is 5.52. The zero-order valence-electron chi connectivity index (χ0n) is 9.72. The number of hydrogen-bond donors (Lipinski definition) is 1. The summed E-state index contributed by atoms with van der Waals surface area (Å²) in [7, 11) is 0. The van der Waals surface area contributed by atoms with E-state index < -0.39 is 0 Å². The fourth-order valence-corrected chi connectivity index (χ4v) is 1.60. The summed E-state index contributed by atoms with van der Waals surface area (Å²) < 4.78 is 0. The smallest absolute Gasteiger partial charge is 0.145 e. The molecule has 3 nitrogen and oxygen atoms in total. The second-order valence-electron chi connectivity index (χ2n) is 3.70. The molecule has 0 spiro atoms. The minimum Gasteiger partial charge on any atom is -0.381 e. The Balaban J connectivity index is 2.12. The van der Waals surface area contributed by atoms with Crippen molar-refractivity contribution < 1.29 is 0 Å². The maximum absolute atomic E-state index is 8.93. The Hall–Kier alpha value is -2.78. The van der Waals surface area contributed by atoms with Crippen molar-refractivity contribution >= 4 is 5.69 Å². The number of nitrogens with one attached hydrogen (secondary N) is 1. The third kappa shape index (κ3) is 2.66. The number of anilines is 1. The number of rotatable bonds is 3. The molecule has 1 aromatic heterocycles. The molecule has 2 rings (SSSR count). The van der Waals surface area contributed by atoms with E-state index in [9.17, 15) is 0 Å². The summed E-state index contributed by atoms with van der Waals surface area (Å²) in [6.45, 7) is 0.546. The van der Waals surface area contributed by atoms with Gasteiger partial charge in [0, 0.05) is 29.6 Å². The molecule has 0 bridgehead atoms. The molecule has 1 aromatic carbocycles. The average Bonchev–Trinajstić information content (AvgIpc) is 2.45. The lowest BCUT2D eigenvalue weighted by Crippen LogP contribution is -2.02. The van der Waals surface area contributed by atoms with Crippen molar-refractivity contribution in [3.05, 3.63) is 59.4 Å². The Morgan fingerprint density at radius 1 is 1.28 bits per heavy atom. The van der Waals surface area contributed by atoms with Crippen molar-refractivity contribution in [2.75, 3.05) is 5.32 Å². The van der Waals surface area contributed by atoms with Crippen molar-refractivity contribution in [1.29, 1.82) is 5.26 Å². The van der Waals surface area contributed by atoms with Crippen LogP contribution in [0.15, 0.2) is 42.6 Å². The number of nitrogens with zero attached hydrogens (tertiary/aromatic N) is 2. The molecule has 0 aliphatic rings. The van der Waals surface area contributed by atoms with Crippen LogP contribution in [0.5, 0.6) is 0 Å². The van der Waals surface area contributed by atoms with E-state index in [0.717, 1.165) is 16.8 Å². The first kappa shape index (κ1) is 11.7. The monoisotopic (exact) mass is 233 g/mol. The maximum Gasteiger partial charge on any atom is 0.145 e. The lowest BCUT2D eigenvalue weighted by Gasteiger charge is -2.07. The first-order valence-electron chi connectivity index (χ1n) is 5.48. The predicted molar refractivity (Wildman–Crippen MR) is 70.7 cm³/mol. The molecule has 3 heteroatoms. The number of hydrogen-bond acceptors (Lipinski definition) is 3. The van der Waals surface area contributed by atoms with Gasteiger partial charge in [-0.05, 0) is 24.3 Å². The van der Waals surface area contributed by atoms with Crippen LogP contribution in [-0.4, -0.2) is 4.98 Å². The van der Waals surface area contributed by atoms with Gasteiger partial charge in [0.05, 0.1) is 0 Å². The van der Waals surface area contributed by atoms with Gasteiger partial charge >= 0.3 is 0 Å². The van der Waals surface area contributed by atoms with Crippen LogP contribution in [0.4, 0.5) is 5.69 Å². The average molecular weight is 233 g/mol. The van der Waals surface area contributed by atoms with E-state index in [-0.39, 0.29) is 0 Å². The minimum absolute atomic E-state index is 0.443. The van der Waals surface area contributed by atoms with Gasteiger partial charge < -0.3 is 5.32 Å². The van der Waals surface area contributed by atoms with Crippen LogP contribution >= 0.6 is 0 Å². The standard InChI is InChI=1S/C15H11N3/c1-2-12-5-3-7-14(9-12)18-11-13-6-4-8-17-15(13)10-16/h1,3-9,18H,11H2. The highest BCUT2D eigenvalue weighted by Crippen LogP contribution is 2.12. The minimum atomic E-state index is 0.443. The normalized spacial score (nSPS) is 9.22. The largest absolute Gasteiger partial charge is 0.381 e. The van der Waals surface area contributed by atoms with Gasteiger partial charge in [0.2, 0.25) is 0 Å². The molecular formula is C15H11N3. The van der Waals surface area contributed by atoms with Gasteiger partial charge in [0.15, 0.2) is 0 Å². The first-order chi connectivity index (χ1) is 8.83. The SMILES string of the molecule is C#Cc1cccc(NCc2cccnc2C#N)c1.